The molecule has 0 saturated heterocycles. The number of anilines is 1. The molecule has 3 rings (SSSR count). The van der Waals surface area contributed by atoms with Crippen molar-refractivity contribution in [2.75, 3.05) is 5.32 Å². The molecule has 0 aliphatic carbocycles. The molecule has 0 bridgehead atoms. The third-order valence-corrected chi connectivity index (χ3v) is 4.73. The van der Waals surface area contributed by atoms with Crippen molar-refractivity contribution in [3.05, 3.63) is 72.1 Å². The van der Waals surface area contributed by atoms with Crippen molar-refractivity contribution in [1.29, 1.82) is 0 Å². The highest BCUT2D eigenvalue weighted by Crippen LogP contribution is 2.34. The molecule has 23 heavy (non-hydrogen) atoms. The molecule has 0 radical (unpaired) electrons. The van der Waals surface area contributed by atoms with Gasteiger partial charge in [-0.2, -0.15) is 0 Å². The van der Waals surface area contributed by atoms with E-state index >= 15 is 0 Å². The fraction of sp³-hybridized carbons (Fsp3) is 0.150. The van der Waals surface area contributed by atoms with Gasteiger partial charge < -0.3 is 5.32 Å². The molecule has 3 heteroatoms. The maximum absolute atomic E-state index is 4.59. The smallest absolute Gasteiger partial charge is 0.123 e. The lowest BCUT2D eigenvalue weighted by Crippen LogP contribution is -1.94. The number of nitrogens with zero attached hydrogens (tertiary/aromatic N) is 1. The predicted octanol–water partition coefficient (Wildman–Crippen LogP) is 6.04. The van der Waals surface area contributed by atoms with Gasteiger partial charge in [0.2, 0.25) is 0 Å². The first-order chi connectivity index (χ1) is 11.0. The van der Waals surface area contributed by atoms with Crippen LogP contribution >= 0.6 is 11.3 Å². The third kappa shape index (κ3) is 3.51. The molecule has 3 aromatic rings. The van der Waals surface area contributed by atoms with Gasteiger partial charge in [-0.1, -0.05) is 42.5 Å². The Hall–Kier alpha value is -2.39. The van der Waals surface area contributed by atoms with Crippen LogP contribution in [-0.2, 0) is 0 Å². The molecule has 1 aromatic heterocycles. The summed E-state index contributed by atoms with van der Waals surface area (Å²) in [4.78, 5) is 5.79. The van der Waals surface area contributed by atoms with E-state index in [-0.39, 0.29) is 0 Å². The van der Waals surface area contributed by atoms with E-state index in [1.807, 2.05) is 13.1 Å². The summed E-state index contributed by atoms with van der Waals surface area (Å²) in [6.07, 6.45) is 1.97. The number of nitrogens with one attached hydrogen (secondary N) is 1. The summed E-state index contributed by atoms with van der Waals surface area (Å²) in [7, 11) is 0. The SMILES string of the molecule is C=C(C)Nc1ccc(-c2cnc(-c3ccc(C)cc3)s2)c(C)c1. The second kappa shape index (κ2) is 6.39. The minimum Gasteiger partial charge on any atom is -0.360 e. The highest BCUT2D eigenvalue weighted by Gasteiger charge is 2.09. The van der Waals surface area contributed by atoms with Gasteiger partial charge in [0.15, 0.2) is 0 Å². The van der Waals surface area contributed by atoms with Gasteiger partial charge in [-0.25, -0.2) is 4.98 Å². The highest BCUT2D eigenvalue weighted by molar-refractivity contribution is 7.18. The van der Waals surface area contributed by atoms with E-state index in [0.29, 0.717) is 0 Å². The van der Waals surface area contributed by atoms with E-state index in [4.69, 9.17) is 0 Å². The molecule has 2 nitrogen and oxygen atoms in total. The van der Waals surface area contributed by atoms with Crippen molar-refractivity contribution < 1.29 is 0 Å². The average Bonchev–Trinajstić information content (AvgIpc) is 2.97. The summed E-state index contributed by atoms with van der Waals surface area (Å²) in [5, 5.41) is 4.31. The largest absolute Gasteiger partial charge is 0.360 e. The van der Waals surface area contributed by atoms with Crippen molar-refractivity contribution in [3.8, 4) is 21.0 Å². The van der Waals surface area contributed by atoms with Crippen LogP contribution in [0.5, 0.6) is 0 Å². The number of benzene rings is 2. The molecule has 0 saturated carbocycles. The zero-order valence-corrected chi connectivity index (χ0v) is 14.5. The normalized spacial score (nSPS) is 10.6. The van der Waals surface area contributed by atoms with Crippen molar-refractivity contribution >= 4 is 17.0 Å². The molecular weight excluding hydrogens is 300 g/mol. The zero-order valence-electron chi connectivity index (χ0n) is 13.7. The fourth-order valence-corrected chi connectivity index (χ4v) is 3.50. The Morgan fingerprint density at radius 1 is 1.09 bits per heavy atom. The van der Waals surface area contributed by atoms with Gasteiger partial charge in [0.25, 0.3) is 0 Å². The average molecular weight is 320 g/mol. The van der Waals surface area contributed by atoms with E-state index < -0.39 is 0 Å². The van der Waals surface area contributed by atoms with E-state index in [1.54, 1.807) is 11.3 Å². The van der Waals surface area contributed by atoms with E-state index in [1.165, 1.54) is 27.1 Å². The van der Waals surface area contributed by atoms with E-state index in [9.17, 15) is 0 Å². The third-order valence-electron chi connectivity index (χ3n) is 3.65. The number of rotatable bonds is 4. The van der Waals surface area contributed by atoms with Crippen LogP contribution in [0.25, 0.3) is 21.0 Å². The Morgan fingerprint density at radius 2 is 1.83 bits per heavy atom. The van der Waals surface area contributed by atoms with Gasteiger partial charge in [-0.3, -0.25) is 0 Å². The monoisotopic (exact) mass is 320 g/mol. The van der Waals surface area contributed by atoms with E-state index in [2.05, 4.69) is 73.2 Å². The molecule has 2 aromatic carbocycles. The van der Waals surface area contributed by atoms with Crippen molar-refractivity contribution in [2.24, 2.45) is 0 Å². The molecule has 1 N–H and O–H groups in total. The fourth-order valence-electron chi connectivity index (χ4n) is 2.49. The Bertz CT molecular complexity index is 844. The van der Waals surface area contributed by atoms with Gasteiger partial charge in [0.1, 0.15) is 5.01 Å². The summed E-state index contributed by atoms with van der Waals surface area (Å²) in [5.74, 6) is 0. The van der Waals surface area contributed by atoms with Crippen LogP contribution in [0, 0.1) is 13.8 Å². The molecule has 0 amide bonds. The molecule has 0 fully saturated rings. The quantitative estimate of drug-likeness (QED) is 0.634. The molecule has 0 unspecified atom stereocenters. The van der Waals surface area contributed by atoms with Gasteiger partial charge in [-0.15, -0.1) is 11.3 Å². The minimum absolute atomic E-state index is 0.941. The highest BCUT2D eigenvalue weighted by atomic mass is 32.1. The summed E-state index contributed by atoms with van der Waals surface area (Å²) in [5.41, 5.74) is 6.91. The van der Waals surface area contributed by atoms with Crippen LogP contribution in [0.4, 0.5) is 5.69 Å². The van der Waals surface area contributed by atoms with Gasteiger partial charge in [0, 0.05) is 23.1 Å². The van der Waals surface area contributed by atoms with Crippen molar-refractivity contribution in [2.45, 2.75) is 20.8 Å². The lowest BCUT2D eigenvalue weighted by molar-refractivity contribution is 1.37. The number of aryl methyl sites for hydroxylation is 2. The van der Waals surface area contributed by atoms with Crippen LogP contribution in [0.3, 0.4) is 0 Å². The Kier molecular flexibility index (Phi) is 4.30. The lowest BCUT2D eigenvalue weighted by atomic mass is 10.1. The lowest BCUT2D eigenvalue weighted by Gasteiger charge is -2.09. The molecule has 0 spiro atoms. The summed E-state index contributed by atoms with van der Waals surface area (Å²) >= 11 is 1.73. The molecule has 116 valence electrons. The molecule has 1 heterocycles. The second-order valence-corrected chi connectivity index (χ2v) is 6.86. The first-order valence-corrected chi connectivity index (χ1v) is 8.41. The van der Waals surface area contributed by atoms with Crippen LogP contribution in [0.1, 0.15) is 18.1 Å². The first-order valence-electron chi connectivity index (χ1n) is 7.59. The number of hydrogen-bond donors (Lipinski definition) is 1. The molecule has 0 aliphatic rings. The molecule has 0 aliphatic heterocycles. The number of aromatic nitrogens is 1. The van der Waals surface area contributed by atoms with Crippen molar-refractivity contribution in [3.63, 3.8) is 0 Å². The van der Waals surface area contributed by atoms with Gasteiger partial charge >= 0.3 is 0 Å². The number of hydrogen-bond acceptors (Lipinski definition) is 3. The van der Waals surface area contributed by atoms with Crippen LogP contribution in [-0.4, -0.2) is 4.98 Å². The maximum atomic E-state index is 4.59. The zero-order chi connectivity index (χ0) is 16.4. The second-order valence-electron chi connectivity index (χ2n) is 5.83. The maximum Gasteiger partial charge on any atom is 0.123 e. The number of thiazole rings is 1. The minimum atomic E-state index is 0.941. The van der Waals surface area contributed by atoms with E-state index in [0.717, 1.165) is 16.4 Å². The summed E-state index contributed by atoms with van der Waals surface area (Å²) in [6.45, 7) is 10.1. The predicted molar refractivity (Wildman–Crippen MR) is 101 cm³/mol. The van der Waals surface area contributed by atoms with Crippen LogP contribution in [0.2, 0.25) is 0 Å². The molecular formula is C20H20N2S. The topological polar surface area (TPSA) is 24.9 Å². The molecule has 0 atom stereocenters. The number of allylic oxidation sites excluding steroid dienone is 1. The standard InChI is InChI=1S/C20H20N2S/c1-13(2)22-17-9-10-18(15(4)11-17)19-12-21-20(23-19)16-7-5-14(3)6-8-16/h5-12,22H,1H2,2-4H3. The summed E-state index contributed by atoms with van der Waals surface area (Å²) in [6, 6.07) is 14.9. The Balaban J connectivity index is 1.91. The first kappa shape index (κ1) is 15.5. The van der Waals surface area contributed by atoms with Gasteiger partial charge in [-0.05, 0) is 44.0 Å². The Morgan fingerprint density at radius 3 is 2.48 bits per heavy atom. The Labute approximate surface area is 141 Å². The summed E-state index contributed by atoms with van der Waals surface area (Å²) < 4.78 is 0. The van der Waals surface area contributed by atoms with Gasteiger partial charge in [0.05, 0.1) is 4.88 Å². The van der Waals surface area contributed by atoms with Crippen LogP contribution < -0.4 is 5.32 Å². The van der Waals surface area contributed by atoms with Crippen molar-refractivity contribution in [1.82, 2.24) is 4.98 Å². The van der Waals surface area contributed by atoms with Crippen LogP contribution in [0.15, 0.2) is 60.9 Å².